The third-order valence-corrected chi connectivity index (χ3v) is 7.27. The quantitative estimate of drug-likeness (QED) is 0.374. The van der Waals surface area contributed by atoms with Gasteiger partial charge < -0.3 is 19.0 Å². The van der Waals surface area contributed by atoms with Crippen molar-refractivity contribution in [3.63, 3.8) is 0 Å². The number of methoxy groups -OCH3 is 1. The smallest absolute Gasteiger partial charge is 0.246 e. The molecular formula is C29H32N2O4. The molecule has 2 heterocycles. The lowest BCUT2D eigenvalue weighted by Gasteiger charge is -2.35. The van der Waals surface area contributed by atoms with E-state index in [2.05, 4.69) is 11.0 Å². The number of furan rings is 1. The van der Waals surface area contributed by atoms with Crippen LogP contribution < -0.4 is 9.64 Å². The summed E-state index contributed by atoms with van der Waals surface area (Å²) in [4.78, 5) is 28.8. The lowest BCUT2D eigenvalue weighted by atomic mass is 9.94. The molecule has 35 heavy (non-hydrogen) atoms. The van der Waals surface area contributed by atoms with Crippen molar-refractivity contribution in [3.05, 3.63) is 64.9 Å². The van der Waals surface area contributed by atoms with Gasteiger partial charge >= 0.3 is 0 Å². The van der Waals surface area contributed by atoms with Crippen LogP contribution in [0, 0.1) is 0 Å². The first-order chi connectivity index (χ1) is 16.9. The Morgan fingerprint density at radius 1 is 0.971 bits per heavy atom. The molecule has 1 aromatic heterocycles. The van der Waals surface area contributed by atoms with Gasteiger partial charge in [0.05, 0.1) is 7.11 Å². The number of Topliss-reactive ketones (excluding diaryl/α,β-unsaturated/α-hetero) is 1. The van der Waals surface area contributed by atoms with E-state index < -0.39 is 0 Å². The first kappa shape index (κ1) is 23.2. The summed E-state index contributed by atoms with van der Waals surface area (Å²) in [5, 5.41) is 1.14. The van der Waals surface area contributed by atoms with Crippen LogP contribution >= 0.6 is 0 Å². The summed E-state index contributed by atoms with van der Waals surface area (Å²) in [5.41, 5.74) is 5.79. The van der Waals surface area contributed by atoms with E-state index in [1.165, 1.54) is 18.4 Å². The van der Waals surface area contributed by atoms with Crippen molar-refractivity contribution in [2.24, 2.45) is 0 Å². The first-order valence-electron chi connectivity index (χ1n) is 12.4. The topological polar surface area (TPSA) is 63.0 Å². The molecule has 0 atom stereocenters. The summed E-state index contributed by atoms with van der Waals surface area (Å²) in [6.45, 7) is 6.38. The van der Waals surface area contributed by atoms with E-state index >= 15 is 0 Å². The van der Waals surface area contributed by atoms with E-state index in [1.807, 2.05) is 42.2 Å². The summed E-state index contributed by atoms with van der Waals surface area (Å²) in [5.74, 6) is 1.91. The van der Waals surface area contributed by atoms with Crippen LogP contribution in [0.4, 0.5) is 5.69 Å². The number of hydrogen-bond acceptors (Lipinski definition) is 5. The van der Waals surface area contributed by atoms with Gasteiger partial charge in [0.2, 0.25) is 5.91 Å². The van der Waals surface area contributed by atoms with Crippen molar-refractivity contribution in [1.82, 2.24) is 4.90 Å². The van der Waals surface area contributed by atoms with Crippen molar-refractivity contribution < 1.29 is 18.7 Å². The molecule has 2 aromatic carbocycles. The van der Waals surface area contributed by atoms with Crippen LogP contribution in [0.15, 0.2) is 46.9 Å². The van der Waals surface area contributed by atoms with Crippen LogP contribution in [0.1, 0.15) is 53.9 Å². The SMILES string of the molecule is COc1cc2oc3c(c2cc1/C(C)=C/C(=O)N1CCN(c2ccc(C(C)=O)cc2)CC1)CCCC3. The number of benzene rings is 2. The highest BCUT2D eigenvalue weighted by Crippen LogP contribution is 2.38. The number of nitrogens with zero attached hydrogens (tertiary/aromatic N) is 2. The number of amides is 1. The minimum atomic E-state index is 0.0189. The van der Waals surface area contributed by atoms with Crippen LogP contribution in [0.5, 0.6) is 5.75 Å². The molecule has 1 aliphatic carbocycles. The number of rotatable bonds is 5. The van der Waals surface area contributed by atoms with Crippen molar-refractivity contribution in [1.29, 1.82) is 0 Å². The molecule has 1 fully saturated rings. The summed E-state index contributed by atoms with van der Waals surface area (Å²) in [7, 11) is 1.66. The second-order valence-corrected chi connectivity index (χ2v) is 9.50. The molecule has 0 unspecified atom stereocenters. The number of piperazine rings is 1. The highest BCUT2D eigenvalue weighted by atomic mass is 16.5. The number of carbonyl (C=O) groups excluding carboxylic acids is 2. The molecule has 0 saturated carbocycles. The van der Waals surface area contributed by atoms with E-state index in [0.717, 1.165) is 65.2 Å². The molecule has 2 aliphatic rings. The fourth-order valence-corrected chi connectivity index (χ4v) is 5.21. The zero-order chi connectivity index (χ0) is 24.5. The molecule has 6 heteroatoms. The number of anilines is 1. The zero-order valence-electron chi connectivity index (χ0n) is 20.7. The molecule has 182 valence electrons. The van der Waals surface area contributed by atoms with Crippen molar-refractivity contribution in [3.8, 4) is 5.75 Å². The molecule has 1 aliphatic heterocycles. The van der Waals surface area contributed by atoms with Crippen LogP contribution in [-0.4, -0.2) is 49.9 Å². The second-order valence-electron chi connectivity index (χ2n) is 9.50. The largest absolute Gasteiger partial charge is 0.496 e. The number of fused-ring (bicyclic) bond motifs is 3. The summed E-state index contributed by atoms with van der Waals surface area (Å²) < 4.78 is 11.8. The lowest BCUT2D eigenvalue weighted by Crippen LogP contribution is -2.48. The van der Waals surface area contributed by atoms with Gasteiger partial charge in [0.25, 0.3) is 0 Å². The Labute approximate surface area is 206 Å². The molecule has 5 rings (SSSR count). The van der Waals surface area contributed by atoms with Gasteiger partial charge in [-0.15, -0.1) is 0 Å². The number of allylic oxidation sites excluding steroid dienone is 1. The van der Waals surface area contributed by atoms with E-state index in [0.29, 0.717) is 18.7 Å². The Balaban J connectivity index is 1.31. The Bertz CT molecular complexity index is 1290. The van der Waals surface area contributed by atoms with Gasteiger partial charge in [0.1, 0.15) is 17.1 Å². The predicted octanol–water partition coefficient (Wildman–Crippen LogP) is 5.27. The Morgan fingerprint density at radius 3 is 2.37 bits per heavy atom. The maximum absolute atomic E-state index is 13.1. The van der Waals surface area contributed by atoms with Gasteiger partial charge in [-0.05, 0) is 69.0 Å². The zero-order valence-corrected chi connectivity index (χ0v) is 20.7. The third-order valence-electron chi connectivity index (χ3n) is 7.27. The molecule has 0 bridgehead atoms. The van der Waals surface area contributed by atoms with Crippen LogP contribution in [0.25, 0.3) is 16.5 Å². The summed E-state index contributed by atoms with van der Waals surface area (Å²) >= 11 is 0. The molecule has 1 saturated heterocycles. The lowest BCUT2D eigenvalue weighted by molar-refractivity contribution is -0.126. The summed E-state index contributed by atoms with van der Waals surface area (Å²) in [6.07, 6.45) is 6.11. The van der Waals surface area contributed by atoms with Gasteiger partial charge in [-0.25, -0.2) is 0 Å². The van der Waals surface area contributed by atoms with Crippen molar-refractivity contribution >= 4 is 33.9 Å². The average Bonchev–Trinajstić information content (AvgIpc) is 3.25. The normalized spacial score (nSPS) is 16.4. The van der Waals surface area contributed by atoms with Gasteiger partial charge in [0, 0.05) is 72.5 Å². The standard InChI is InChI=1S/C29H32N2O4/c1-19(24-17-25-23-6-4-5-7-26(23)35-28(25)18-27(24)34-3)16-29(33)31-14-12-30(13-15-31)22-10-8-21(9-11-22)20(2)32/h8-11,16-18H,4-7,12-15H2,1-3H3/b19-16+. The van der Waals surface area contributed by atoms with Gasteiger partial charge in [-0.3, -0.25) is 9.59 Å². The second kappa shape index (κ2) is 9.61. The molecule has 6 nitrogen and oxygen atoms in total. The highest BCUT2D eigenvalue weighted by molar-refractivity contribution is 5.98. The maximum atomic E-state index is 13.1. The monoisotopic (exact) mass is 472 g/mol. The average molecular weight is 473 g/mol. The molecule has 0 spiro atoms. The van der Waals surface area contributed by atoms with E-state index in [4.69, 9.17) is 9.15 Å². The molecule has 0 radical (unpaired) electrons. The number of ketones is 1. The molecule has 3 aromatic rings. The minimum Gasteiger partial charge on any atom is -0.496 e. The predicted molar refractivity (Wildman–Crippen MR) is 138 cm³/mol. The Kier molecular flexibility index (Phi) is 6.37. The summed E-state index contributed by atoms with van der Waals surface area (Å²) in [6, 6.07) is 11.8. The first-order valence-corrected chi connectivity index (χ1v) is 12.4. The highest BCUT2D eigenvalue weighted by Gasteiger charge is 2.23. The van der Waals surface area contributed by atoms with Gasteiger partial charge in [-0.2, -0.15) is 0 Å². The van der Waals surface area contributed by atoms with Crippen LogP contribution in [0.2, 0.25) is 0 Å². The molecule has 0 N–H and O–H groups in total. The van der Waals surface area contributed by atoms with E-state index in [1.54, 1.807) is 20.1 Å². The Morgan fingerprint density at radius 2 is 1.69 bits per heavy atom. The Hall–Kier alpha value is -3.54. The van der Waals surface area contributed by atoms with Crippen LogP contribution in [-0.2, 0) is 17.6 Å². The number of ether oxygens (including phenoxy) is 1. The third kappa shape index (κ3) is 4.57. The number of carbonyl (C=O) groups is 2. The van der Waals surface area contributed by atoms with E-state index in [-0.39, 0.29) is 11.7 Å². The van der Waals surface area contributed by atoms with Crippen molar-refractivity contribution in [2.45, 2.75) is 39.5 Å². The van der Waals surface area contributed by atoms with Gasteiger partial charge in [0.15, 0.2) is 5.78 Å². The molecular weight excluding hydrogens is 440 g/mol. The fourth-order valence-electron chi connectivity index (χ4n) is 5.21. The van der Waals surface area contributed by atoms with Gasteiger partial charge in [-0.1, -0.05) is 0 Å². The fraction of sp³-hybridized carbons (Fsp3) is 0.379. The van der Waals surface area contributed by atoms with Crippen LogP contribution in [0.3, 0.4) is 0 Å². The van der Waals surface area contributed by atoms with E-state index in [9.17, 15) is 9.59 Å². The number of aryl methyl sites for hydroxylation is 2. The number of hydrogen-bond donors (Lipinski definition) is 0. The van der Waals surface area contributed by atoms with Crippen molar-refractivity contribution in [2.75, 3.05) is 38.2 Å². The maximum Gasteiger partial charge on any atom is 0.246 e. The molecule has 1 amide bonds. The minimum absolute atomic E-state index is 0.0189.